The van der Waals surface area contributed by atoms with Crippen molar-refractivity contribution < 1.29 is 19.0 Å². The molecule has 5 heteroatoms. The largest absolute Gasteiger partial charge is 0.468 e. The highest BCUT2D eigenvalue weighted by Gasteiger charge is 2.51. The highest BCUT2D eigenvalue weighted by atomic mass is 16.5. The third kappa shape index (κ3) is 3.71. The van der Waals surface area contributed by atoms with Gasteiger partial charge in [-0.25, -0.2) is 0 Å². The van der Waals surface area contributed by atoms with Crippen molar-refractivity contribution in [2.24, 2.45) is 5.92 Å². The summed E-state index contributed by atoms with van der Waals surface area (Å²) in [5.74, 6) is 0.224. The molecule has 2 unspecified atom stereocenters. The Hall–Kier alpha value is -0.650. The van der Waals surface area contributed by atoms with E-state index < -0.39 is 5.54 Å². The molecule has 0 bridgehead atoms. The van der Waals surface area contributed by atoms with Gasteiger partial charge in [0.1, 0.15) is 5.54 Å². The average molecular weight is 285 g/mol. The van der Waals surface area contributed by atoms with E-state index in [4.69, 9.17) is 14.2 Å². The summed E-state index contributed by atoms with van der Waals surface area (Å²) in [6.07, 6.45) is 6.29. The van der Waals surface area contributed by atoms with Crippen LogP contribution in [0.1, 0.15) is 38.5 Å². The van der Waals surface area contributed by atoms with E-state index in [0.29, 0.717) is 31.8 Å². The lowest BCUT2D eigenvalue weighted by Gasteiger charge is -2.34. The molecule has 116 valence electrons. The van der Waals surface area contributed by atoms with Gasteiger partial charge in [0.2, 0.25) is 0 Å². The fourth-order valence-corrected chi connectivity index (χ4v) is 3.23. The molecule has 2 aliphatic rings. The lowest BCUT2D eigenvalue weighted by molar-refractivity contribution is -0.150. The molecule has 0 aromatic rings. The molecule has 0 amide bonds. The molecule has 0 aromatic carbocycles. The SMILES string of the molecule is COCCOCCC1CCCC1(NC1CC1)C(=O)OC. The Morgan fingerprint density at radius 2 is 2.00 bits per heavy atom. The zero-order chi connectivity index (χ0) is 14.4. The minimum Gasteiger partial charge on any atom is -0.468 e. The molecule has 20 heavy (non-hydrogen) atoms. The summed E-state index contributed by atoms with van der Waals surface area (Å²) >= 11 is 0. The molecule has 1 N–H and O–H groups in total. The van der Waals surface area contributed by atoms with Crippen LogP contribution in [-0.2, 0) is 19.0 Å². The topological polar surface area (TPSA) is 56.8 Å². The van der Waals surface area contributed by atoms with Gasteiger partial charge in [0.25, 0.3) is 0 Å². The summed E-state index contributed by atoms with van der Waals surface area (Å²) < 4.78 is 15.6. The first-order chi connectivity index (χ1) is 9.73. The zero-order valence-corrected chi connectivity index (χ0v) is 12.7. The maximum absolute atomic E-state index is 12.3. The second-order valence-corrected chi connectivity index (χ2v) is 5.86. The summed E-state index contributed by atoms with van der Waals surface area (Å²) in [5, 5.41) is 3.56. The smallest absolute Gasteiger partial charge is 0.326 e. The Morgan fingerprint density at radius 1 is 1.20 bits per heavy atom. The summed E-state index contributed by atoms with van der Waals surface area (Å²) in [5.41, 5.74) is -0.472. The van der Waals surface area contributed by atoms with Gasteiger partial charge in [-0.3, -0.25) is 10.1 Å². The van der Waals surface area contributed by atoms with Crippen LogP contribution >= 0.6 is 0 Å². The number of hydrogen-bond donors (Lipinski definition) is 1. The maximum Gasteiger partial charge on any atom is 0.326 e. The van der Waals surface area contributed by atoms with Crippen molar-refractivity contribution in [2.45, 2.75) is 50.1 Å². The second-order valence-electron chi connectivity index (χ2n) is 5.86. The van der Waals surface area contributed by atoms with Crippen molar-refractivity contribution in [3.63, 3.8) is 0 Å². The summed E-state index contributed by atoms with van der Waals surface area (Å²) in [4.78, 5) is 12.3. The Balaban J connectivity index is 1.88. The van der Waals surface area contributed by atoms with E-state index in [9.17, 15) is 4.79 Å². The molecule has 5 nitrogen and oxygen atoms in total. The van der Waals surface area contributed by atoms with Crippen molar-refractivity contribution >= 4 is 5.97 Å². The van der Waals surface area contributed by atoms with Crippen LogP contribution in [0.25, 0.3) is 0 Å². The number of rotatable bonds is 9. The quantitative estimate of drug-likeness (QED) is 0.514. The van der Waals surface area contributed by atoms with E-state index in [-0.39, 0.29) is 5.97 Å². The van der Waals surface area contributed by atoms with Gasteiger partial charge >= 0.3 is 5.97 Å². The minimum absolute atomic E-state index is 0.0937. The van der Waals surface area contributed by atoms with Crippen molar-refractivity contribution in [2.75, 3.05) is 34.0 Å². The summed E-state index contributed by atoms with van der Waals surface area (Å²) in [6, 6.07) is 0.504. The fourth-order valence-electron chi connectivity index (χ4n) is 3.23. The van der Waals surface area contributed by atoms with Gasteiger partial charge < -0.3 is 14.2 Å². The average Bonchev–Trinajstić information content (AvgIpc) is 3.18. The van der Waals surface area contributed by atoms with Crippen molar-refractivity contribution in [3.8, 4) is 0 Å². The predicted molar refractivity (Wildman–Crippen MR) is 75.6 cm³/mol. The van der Waals surface area contributed by atoms with Crippen LogP contribution in [0.15, 0.2) is 0 Å². The van der Waals surface area contributed by atoms with Crippen molar-refractivity contribution in [3.05, 3.63) is 0 Å². The third-order valence-corrected chi connectivity index (χ3v) is 4.45. The first kappa shape index (κ1) is 15.7. The van der Waals surface area contributed by atoms with E-state index >= 15 is 0 Å². The Labute approximate surface area is 121 Å². The molecule has 0 spiro atoms. The van der Waals surface area contributed by atoms with Crippen LogP contribution in [-0.4, -0.2) is 51.6 Å². The van der Waals surface area contributed by atoms with Gasteiger partial charge in [0.15, 0.2) is 0 Å². The van der Waals surface area contributed by atoms with E-state index in [0.717, 1.165) is 25.7 Å². The lowest BCUT2D eigenvalue weighted by Crippen LogP contribution is -2.56. The number of esters is 1. The van der Waals surface area contributed by atoms with Gasteiger partial charge in [0.05, 0.1) is 20.3 Å². The Bertz CT molecular complexity index is 319. The highest BCUT2D eigenvalue weighted by Crippen LogP contribution is 2.41. The molecule has 0 aliphatic heterocycles. The standard InChI is InChI=1S/C15H27NO4/c1-18-10-11-20-9-7-12-4-3-8-15(12,14(17)19-2)16-13-5-6-13/h12-13,16H,3-11H2,1-2H3. The van der Waals surface area contributed by atoms with Crippen LogP contribution in [0.2, 0.25) is 0 Å². The molecule has 0 heterocycles. The van der Waals surface area contributed by atoms with Crippen LogP contribution in [0.5, 0.6) is 0 Å². The molecule has 2 aliphatic carbocycles. The molecule has 2 atom stereocenters. The van der Waals surface area contributed by atoms with Gasteiger partial charge in [-0.05, 0) is 38.0 Å². The monoisotopic (exact) mass is 285 g/mol. The molecule has 0 saturated heterocycles. The van der Waals surface area contributed by atoms with Crippen LogP contribution in [0, 0.1) is 5.92 Å². The fraction of sp³-hybridized carbons (Fsp3) is 0.933. The number of ether oxygens (including phenoxy) is 3. The Kier molecular flexibility index (Phi) is 5.81. The maximum atomic E-state index is 12.3. The summed E-state index contributed by atoms with van der Waals surface area (Å²) in [7, 11) is 3.16. The molecule has 2 rings (SSSR count). The van der Waals surface area contributed by atoms with E-state index in [2.05, 4.69) is 5.32 Å². The first-order valence-electron chi connectivity index (χ1n) is 7.65. The molecule has 0 aromatic heterocycles. The molecule has 0 radical (unpaired) electrons. The van der Waals surface area contributed by atoms with Crippen LogP contribution in [0.3, 0.4) is 0 Å². The van der Waals surface area contributed by atoms with E-state index in [1.807, 2.05) is 0 Å². The van der Waals surface area contributed by atoms with Crippen LogP contribution in [0.4, 0.5) is 0 Å². The van der Waals surface area contributed by atoms with Crippen molar-refractivity contribution in [1.29, 1.82) is 0 Å². The number of carbonyl (C=O) groups is 1. The van der Waals surface area contributed by atoms with Gasteiger partial charge in [-0.15, -0.1) is 0 Å². The molecule has 2 fully saturated rings. The molecule has 2 saturated carbocycles. The number of methoxy groups -OCH3 is 2. The third-order valence-electron chi connectivity index (χ3n) is 4.45. The van der Waals surface area contributed by atoms with E-state index in [1.54, 1.807) is 7.11 Å². The Morgan fingerprint density at radius 3 is 2.65 bits per heavy atom. The van der Waals surface area contributed by atoms with Gasteiger partial charge in [0, 0.05) is 19.8 Å². The predicted octanol–water partition coefficient (Wildman–Crippen LogP) is 1.50. The number of carbonyl (C=O) groups excluding carboxylic acids is 1. The molecular formula is C15H27NO4. The zero-order valence-electron chi connectivity index (χ0n) is 12.7. The first-order valence-corrected chi connectivity index (χ1v) is 7.65. The number of hydrogen-bond acceptors (Lipinski definition) is 5. The minimum atomic E-state index is -0.472. The molecular weight excluding hydrogens is 258 g/mol. The second kappa shape index (κ2) is 7.38. The van der Waals surface area contributed by atoms with Crippen LogP contribution < -0.4 is 5.32 Å². The lowest BCUT2D eigenvalue weighted by atomic mass is 9.84. The highest BCUT2D eigenvalue weighted by molar-refractivity contribution is 5.81. The van der Waals surface area contributed by atoms with Gasteiger partial charge in [-0.1, -0.05) is 6.42 Å². The normalized spacial score (nSPS) is 29.6. The van der Waals surface area contributed by atoms with Crippen molar-refractivity contribution in [1.82, 2.24) is 5.32 Å². The van der Waals surface area contributed by atoms with Gasteiger partial charge in [-0.2, -0.15) is 0 Å². The number of nitrogens with one attached hydrogen (secondary N) is 1. The van der Waals surface area contributed by atoms with E-state index in [1.165, 1.54) is 20.0 Å². The summed E-state index contributed by atoms with van der Waals surface area (Å²) in [6.45, 7) is 1.91.